The number of rotatable bonds is 6. The number of carbonyl (C=O) groups excluding carboxylic acids is 1. The molecule has 0 unspecified atom stereocenters. The number of halogens is 1. The average molecular weight is 497 g/mol. The summed E-state index contributed by atoms with van der Waals surface area (Å²) in [7, 11) is -3.52. The third-order valence-electron chi connectivity index (χ3n) is 5.25. The lowest BCUT2D eigenvalue weighted by Crippen LogP contribution is -2.43. The van der Waals surface area contributed by atoms with E-state index in [0.717, 1.165) is 10.0 Å². The van der Waals surface area contributed by atoms with Gasteiger partial charge in [-0.1, -0.05) is 28.1 Å². The van der Waals surface area contributed by atoms with Crippen LogP contribution in [0.4, 0.5) is 0 Å². The number of hydrogen-bond donors (Lipinski definition) is 1. The van der Waals surface area contributed by atoms with Gasteiger partial charge in [-0.05, 0) is 68.0 Å². The lowest BCUT2D eigenvalue weighted by atomic mass is 9.96. The first-order chi connectivity index (χ1) is 13.8. The molecule has 1 aliphatic heterocycles. The predicted molar refractivity (Wildman–Crippen MR) is 120 cm³/mol. The zero-order chi connectivity index (χ0) is 21.0. The van der Waals surface area contributed by atoms with E-state index >= 15 is 0 Å². The molecule has 0 aromatic heterocycles. The number of benzene rings is 2. The standard InChI is InChI=1S/C21H25BrN2O3S2/c1-15(16-3-7-19(28-2)8-4-16)23-21(25)17-11-13-24(14-12-17)29(26,27)20-9-5-18(22)6-10-20/h3-10,15,17H,11-14H2,1-2H3,(H,23,25)/t15-/m0/s1. The van der Waals surface area contributed by atoms with Gasteiger partial charge in [-0.15, -0.1) is 11.8 Å². The zero-order valence-corrected chi connectivity index (χ0v) is 19.7. The van der Waals surface area contributed by atoms with Gasteiger partial charge in [-0.25, -0.2) is 8.42 Å². The molecule has 3 rings (SSSR count). The topological polar surface area (TPSA) is 66.5 Å². The summed E-state index contributed by atoms with van der Waals surface area (Å²) >= 11 is 5.01. The summed E-state index contributed by atoms with van der Waals surface area (Å²) in [6.45, 7) is 2.68. The molecule has 8 heteroatoms. The molecule has 0 spiro atoms. The molecule has 1 atom stereocenters. The van der Waals surface area contributed by atoms with E-state index in [-0.39, 0.29) is 22.8 Å². The van der Waals surface area contributed by atoms with Crippen molar-refractivity contribution in [1.29, 1.82) is 0 Å². The van der Waals surface area contributed by atoms with Crippen molar-refractivity contribution in [1.82, 2.24) is 9.62 Å². The van der Waals surface area contributed by atoms with Crippen LogP contribution < -0.4 is 5.32 Å². The van der Waals surface area contributed by atoms with Crippen molar-refractivity contribution in [2.45, 2.75) is 35.6 Å². The number of sulfonamides is 1. The van der Waals surface area contributed by atoms with Crippen LogP contribution in [-0.4, -0.2) is 38.0 Å². The summed E-state index contributed by atoms with van der Waals surface area (Å²) in [5, 5.41) is 3.08. The molecule has 1 saturated heterocycles. The highest BCUT2D eigenvalue weighted by Crippen LogP contribution is 2.26. The number of hydrogen-bond acceptors (Lipinski definition) is 4. The monoisotopic (exact) mass is 496 g/mol. The van der Waals surface area contributed by atoms with E-state index in [2.05, 4.69) is 21.2 Å². The fraction of sp³-hybridized carbons (Fsp3) is 0.381. The predicted octanol–water partition coefficient (Wildman–Crippen LogP) is 4.45. The molecule has 1 fully saturated rings. The molecule has 1 aliphatic rings. The highest BCUT2D eigenvalue weighted by molar-refractivity contribution is 9.10. The second-order valence-electron chi connectivity index (χ2n) is 7.14. The first kappa shape index (κ1) is 22.3. The summed E-state index contributed by atoms with van der Waals surface area (Å²) in [5.74, 6) is -0.175. The maximum atomic E-state index is 12.8. The molecule has 2 aromatic rings. The number of nitrogens with zero attached hydrogens (tertiary/aromatic N) is 1. The summed E-state index contributed by atoms with van der Waals surface area (Å²) in [5.41, 5.74) is 1.06. The van der Waals surface area contributed by atoms with E-state index in [9.17, 15) is 13.2 Å². The molecule has 29 heavy (non-hydrogen) atoms. The Morgan fingerprint density at radius 2 is 1.69 bits per heavy atom. The minimum atomic E-state index is -3.52. The second kappa shape index (κ2) is 9.64. The summed E-state index contributed by atoms with van der Waals surface area (Å²) in [6.07, 6.45) is 3.09. The molecule has 2 aromatic carbocycles. The minimum Gasteiger partial charge on any atom is -0.349 e. The van der Waals surface area contributed by atoms with Crippen molar-refractivity contribution in [3.63, 3.8) is 0 Å². The van der Waals surface area contributed by atoms with Crippen molar-refractivity contribution in [2.24, 2.45) is 5.92 Å². The number of carbonyl (C=O) groups is 1. The van der Waals surface area contributed by atoms with Crippen molar-refractivity contribution in [3.8, 4) is 0 Å². The molecule has 1 N–H and O–H groups in total. The average Bonchev–Trinajstić information content (AvgIpc) is 2.74. The van der Waals surface area contributed by atoms with Crippen LogP contribution in [0.1, 0.15) is 31.4 Å². The molecule has 0 aliphatic carbocycles. The lowest BCUT2D eigenvalue weighted by molar-refractivity contribution is -0.126. The Morgan fingerprint density at radius 1 is 1.10 bits per heavy atom. The first-order valence-corrected chi connectivity index (χ1v) is 13.0. The van der Waals surface area contributed by atoms with Gasteiger partial charge >= 0.3 is 0 Å². The highest BCUT2D eigenvalue weighted by atomic mass is 79.9. The number of nitrogens with one attached hydrogen (secondary N) is 1. The van der Waals surface area contributed by atoms with Crippen LogP contribution in [0, 0.1) is 5.92 Å². The van der Waals surface area contributed by atoms with Crippen LogP contribution in [0.5, 0.6) is 0 Å². The quantitative estimate of drug-likeness (QED) is 0.599. The van der Waals surface area contributed by atoms with Crippen LogP contribution >= 0.6 is 27.7 Å². The van der Waals surface area contributed by atoms with Crippen molar-refractivity contribution < 1.29 is 13.2 Å². The number of piperidine rings is 1. The van der Waals surface area contributed by atoms with Crippen molar-refractivity contribution >= 4 is 43.6 Å². The number of amides is 1. The molecule has 156 valence electrons. The smallest absolute Gasteiger partial charge is 0.243 e. The van der Waals surface area contributed by atoms with Crippen LogP contribution in [0.15, 0.2) is 62.8 Å². The van der Waals surface area contributed by atoms with Gasteiger partial charge in [0.25, 0.3) is 0 Å². The van der Waals surface area contributed by atoms with Gasteiger partial charge in [0, 0.05) is 28.4 Å². The molecule has 1 amide bonds. The normalized spacial score (nSPS) is 17.1. The Labute approximate surface area is 185 Å². The highest BCUT2D eigenvalue weighted by Gasteiger charge is 2.32. The third-order valence-corrected chi connectivity index (χ3v) is 8.44. The largest absolute Gasteiger partial charge is 0.349 e. The maximum Gasteiger partial charge on any atom is 0.243 e. The van der Waals surface area contributed by atoms with E-state index in [1.54, 1.807) is 36.0 Å². The third kappa shape index (κ3) is 5.42. The van der Waals surface area contributed by atoms with Crippen LogP contribution in [0.25, 0.3) is 0 Å². The molecule has 0 bridgehead atoms. The molecule has 1 heterocycles. The summed E-state index contributed by atoms with van der Waals surface area (Å²) < 4.78 is 27.9. The van der Waals surface area contributed by atoms with Gasteiger partial charge in [-0.2, -0.15) is 4.31 Å². The molecular formula is C21H25BrN2O3S2. The Balaban J connectivity index is 1.56. The molecule has 0 saturated carbocycles. The lowest BCUT2D eigenvalue weighted by Gasteiger charge is -2.31. The fourth-order valence-corrected chi connectivity index (χ4v) is 5.56. The van der Waals surface area contributed by atoms with E-state index in [1.165, 1.54) is 9.20 Å². The van der Waals surface area contributed by atoms with Crippen molar-refractivity contribution in [3.05, 3.63) is 58.6 Å². The van der Waals surface area contributed by atoms with Gasteiger partial charge in [0.05, 0.1) is 10.9 Å². The van der Waals surface area contributed by atoms with Gasteiger partial charge in [0.2, 0.25) is 15.9 Å². The van der Waals surface area contributed by atoms with Crippen LogP contribution in [0.3, 0.4) is 0 Å². The second-order valence-corrected chi connectivity index (χ2v) is 10.9. The Bertz CT molecular complexity index is 939. The van der Waals surface area contributed by atoms with E-state index < -0.39 is 10.0 Å². The van der Waals surface area contributed by atoms with Gasteiger partial charge in [0.1, 0.15) is 0 Å². The van der Waals surface area contributed by atoms with Crippen molar-refractivity contribution in [2.75, 3.05) is 19.3 Å². The SMILES string of the molecule is CSc1ccc([C@H](C)NC(=O)C2CCN(S(=O)(=O)c3ccc(Br)cc3)CC2)cc1. The Hall–Kier alpha value is -1.35. The van der Waals surface area contributed by atoms with E-state index in [0.29, 0.717) is 25.9 Å². The zero-order valence-electron chi connectivity index (χ0n) is 16.5. The summed E-state index contributed by atoms with van der Waals surface area (Å²) in [6, 6.07) is 14.7. The maximum absolute atomic E-state index is 12.8. The fourth-order valence-electron chi connectivity index (χ4n) is 3.42. The van der Waals surface area contributed by atoms with Crippen LogP contribution in [0.2, 0.25) is 0 Å². The van der Waals surface area contributed by atoms with Gasteiger partial charge in [-0.3, -0.25) is 4.79 Å². The van der Waals surface area contributed by atoms with E-state index in [1.807, 2.05) is 37.4 Å². The molecule has 5 nitrogen and oxygen atoms in total. The Kier molecular flexibility index (Phi) is 7.42. The number of thioether (sulfide) groups is 1. The molecule has 0 radical (unpaired) electrons. The molecular weight excluding hydrogens is 472 g/mol. The van der Waals surface area contributed by atoms with Crippen LogP contribution in [-0.2, 0) is 14.8 Å². The van der Waals surface area contributed by atoms with Gasteiger partial charge in [0.15, 0.2) is 0 Å². The first-order valence-electron chi connectivity index (χ1n) is 9.51. The van der Waals surface area contributed by atoms with E-state index in [4.69, 9.17) is 0 Å². The minimum absolute atomic E-state index is 0.00728. The Morgan fingerprint density at radius 3 is 2.24 bits per heavy atom. The van der Waals surface area contributed by atoms with Gasteiger partial charge < -0.3 is 5.32 Å². The summed E-state index contributed by atoms with van der Waals surface area (Å²) in [4.78, 5) is 14.2.